The molecule has 178 valence electrons. The van der Waals surface area contributed by atoms with E-state index < -0.39 is 6.10 Å². The Balaban J connectivity index is 0.000000469. The van der Waals surface area contributed by atoms with Crippen LogP contribution in [0.15, 0.2) is 78.9 Å². The molecule has 0 aromatic heterocycles. The van der Waals surface area contributed by atoms with Gasteiger partial charge in [-0.15, -0.1) is 0 Å². The standard InChI is InChI=1S/C21H24ClN3O3.C6H6/c22-19-13-18(28-12-11-26)5-6-20(19)25-9-7-24(8-10-25)15-21(27)17-3-1-16(14-23)2-4-17;1-2-4-6-5-3-1/h1-6,13,21,26-27H,7-12,15H2;1-6H. The Bertz CT molecular complexity index is 1010. The summed E-state index contributed by atoms with van der Waals surface area (Å²) in [7, 11) is 0. The summed E-state index contributed by atoms with van der Waals surface area (Å²) < 4.78 is 5.39. The third-order valence-electron chi connectivity index (χ3n) is 5.51. The van der Waals surface area contributed by atoms with Crippen LogP contribution in [0.1, 0.15) is 17.2 Å². The Hall–Kier alpha value is -3.08. The molecule has 0 spiro atoms. The SMILES string of the molecule is N#Cc1ccc(C(O)CN2CCN(c3ccc(OCCO)cc3Cl)CC2)cc1.c1ccccc1. The van der Waals surface area contributed by atoms with Crippen molar-refractivity contribution in [2.24, 2.45) is 0 Å². The Morgan fingerprint density at radius 2 is 1.56 bits per heavy atom. The molecule has 0 bridgehead atoms. The maximum atomic E-state index is 10.5. The first-order valence-electron chi connectivity index (χ1n) is 11.3. The van der Waals surface area contributed by atoms with Gasteiger partial charge in [-0.1, -0.05) is 60.1 Å². The molecule has 1 aliphatic heterocycles. The fraction of sp³-hybridized carbons (Fsp3) is 0.296. The minimum atomic E-state index is -0.578. The fourth-order valence-corrected chi connectivity index (χ4v) is 3.97. The molecule has 4 rings (SSSR count). The van der Waals surface area contributed by atoms with E-state index >= 15 is 0 Å². The van der Waals surface area contributed by atoms with Crippen molar-refractivity contribution in [2.45, 2.75) is 6.10 Å². The first kappa shape index (κ1) is 25.5. The third-order valence-corrected chi connectivity index (χ3v) is 5.82. The number of piperazine rings is 1. The van der Waals surface area contributed by atoms with Crippen LogP contribution in [0.4, 0.5) is 5.69 Å². The predicted molar refractivity (Wildman–Crippen MR) is 135 cm³/mol. The molecule has 0 saturated carbocycles. The van der Waals surface area contributed by atoms with E-state index in [-0.39, 0.29) is 13.2 Å². The minimum absolute atomic E-state index is 0.0321. The van der Waals surface area contributed by atoms with Crippen molar-refractivity contribution in [3.63, 3.8) is 0 Å². The highest BCUT2D eigenvalue weighted by atomic mass is 35.5. The lowest BCUT2D eigenvalue weighted by atomic mass is 10.1. The van der Waals surface area contributed by atoms with Gasteiger partial charge in [0, 0.05) is 38.8 Å². The van der Waals surface area contributed by atoms with Crippen LogP contribution in [-0.2, 0) is 0 Å². The largest absolute Gasteiger partial charge is 0.491 e. The quantitative estimate of drug-likeness (QED) is 0.530. The second-order valence-electron chi connectivity index (χ2n) is 7.88. The number of nitriles is 1. The summed E-state index contributed by atoms with van der Waals surface area (Å²) >= 11 is 6.41. The Kier molecular flexibility index (Phi) is 10.2. The van der Waals surface area contributed by atoms with Gasteiger partial charge < -0.3 is 19.8 Å². The van der Waals surface area contributed by atoms with Crippen LogP contribution >= 0.6 is 11.6 Å². The van der Waals surface area contributed by atoms with Gasteiger partial charge in [0.15, 0.2) is 0 Å². The van der Waals surface area contributed by atoms with Gasteiger partial charge in [0.2, 0.25) is 0 Å². The lowest BCUT2D eigenvalue weighted by Gasteiger charge is -2.37. The number of aliphatic hydroxyl groups is 2. The summed E-state index contributed by atoms with van der Waals surface area (Å²) in [4.78, 5) is 4.45. The van der Waals surface area contributed by atoms with Crippen LogP contribution in [0.5, 0.6) is 5.75 Å². The zero-order valence-corrected chi connectivity index (χ0v) is 19.8. The summed E-state index contributed by atoms with van der Waals surface area (Å²) in [5.74, 6) is 0.645. The van der Waals surface area contributed by atoms with Crippen LogP contribution in [0.3, 0.4) is 0 Å². The molecule has 1 aliphatic rings. The van der Waals surface area contributed by atoms with Crippen molar-refractivity contribution in [3.05, 3.63) is 95.0 Å². The van der Waals surface area contributed by atoms with Gasteiger partial charge in [0.05, 0.1) is 35.1 Å². The Morgan fingerprint density at radius 3 is 2.09 bits per heavy atom. The minimum Gasteiger partial charge on any atom is -0.491 e. The van der Waals surface area contributed by atoms with E-state index in [9.17, 15) is 5.11 Å². The number of benzene rings is 3. The molecule has 1 saturated heterocycles. The van der Waals surface area contributed by atoms with Crippen molar-refractivity contribution in [3.8, 4) is 11.8 Å². The van der Waals surface area contributed by atoms with Crippen molar-refractivity contribution in [1.82, 2.24) is 4.90 Å². The monoisotopic (exact) mass is 479 g/mol. The predicted octanol–water partition coefficient (Wildman–Crippen LogP) is 4.12. The zero-order chi connectivity index (χ0) is 24.2. The lowest BCUT2D eigenvalue weighted by molar-refractivity contribution is 0.109. The van der Waals surface area contributed by atoms with Crippen molar-refractivity contribution in [2.75, 3.05) is 50.8 Å². The normalized spacial score (nSPS) is 14.5. The van der Waals surface area contributed by atoms with Gasteiger partial charge in [0.25, 0.3) is 0 Å². The van der Waals surface area contributed by atoms with Crippen LogP contribution in [-0.4, -0.2) is 61.1 Å². The second kappa shape index (κ2) is 13.6. The number of halogens is 1. The van der Waals surface area contributed by atoms with Gasteiger partial charge in [0.1, 0.15) is 12.4 Å². The molecule has 1 heterocycles. The van der Waals surface area contributed by atoms with Crippen molar-refractivity contribution >= 4 is 17.3 Å². The van der Waals surface area contributed by atoms with E-state index in [0.29, 0.717) is 22.9 Å². The number of hydrogen-bond acceptors (Lipinski definition) is 6. The number of aliphatic hydroxyl groups excluding tert-OH is 2. The summed E-state index contributed by atoms with van der Waals surface area (Å²) in [5.41, 5.74) is 2.38. The smallest absolute Gasteiger partial charge is 0.121 e. The highest BCUT2D eigenvalue weighted by molar-refractivity contribution is 6.33. The molecule has 0 aliphatic carbocycles. The van der Waals surface area contributed by atoms with Crippen molar-refractivity contribution < 1.29 is 14.9 Å². The van der Waals surface area contributed by atoms with Crippen LogP contribution in [0, 0.1) is 11.3 Å². The first-order chi connectivity index (χ1) is 16.6. The fourth-order valence-electron chi connectivity index (χ4n) is 3.68. The van der Waals surface area contributed by atoms with E-state index in [1.54, 1.807) is 30.3 Å². The second-order valence-corrected chi connectivity index (χ2v) is 8.28. The van der Waals surface area contributed by atoms with E-state index in [0.717, 1.165) is 37.4 Å². The van der Waals surface area contributed by atoms with E-state index in [2.05, 4.69) is 15.9 Å². The molecule has 6 nitrogen and oxygen atoms in total. The third kappa shape index (κ3) is 7.75. The van der Waals surface area contributed by atoms with E-state index in [1.165, 1.54) is 0 Å². The number of hydrogen-bond donors (Lipinski definition) is 2. The van der Waals surface area contributed by atoms with Gasteiger partial charge in [-0.3, -0.25) is 4.90 Å². The van der Waals surface area contributed by atoms with Crippen LogP contribution in [0.2, 0.25) is 5.02 Å². The average molecular weight is 480 g/mol. The average Bonchev–Trinajstić information content (AvgIpc) is 2.89. The molecule has 2 N–H and O–H groups in total. The maximum absolute atomic E-state index is 10.5. The summed E-state index contributed by atoms with van der Waals surface area (Å²) in [6.07, 6.45) is -0.578. The molecule has 1 atom stereocenters. The summed E-state index contributed by atoms with van der Waals surface area (Å²) in [6, 6.07) is 26.7. The molecule has 34 heavy (non-hydrogen) atoms. The Morgan fingerprint density at radius 1 is 0.941 bits per heavy atom. The highest BCUT2D eigenvalue weighted by Gasteiger charge is 2.21. The van der Waals surface area contributed by atoms with Crippen molar-refractivity contribution in [1.29, 1.82) is 5.26 Å². The number of rotatable bonds is 7. The van der Waals surface area contributed by atoms with Gasteiger partial charge >= 0.3 is 0 Å². The number of β-amino-alcohol motifs (C(OH)–C–C–N with tert-alkyl or cyclic N) is 1. The van der Waals surface area contributed by atoms with Gasteiger partial charge in [-0.2, -0.15) is 5.26 Å². The lowest BCUT2D eigenvalue weighted by Crippen LogP contribution is -2.47. The van der Waals surface area contributed by atoms with Crippen LogP contribution in [0.25, 0.3) is 0 Å². The van der Waals surface area contributed by atoms with Crippen LogP contribution < -0.4 is 9.64 Å². The Labute approximate surface area is 206 Å². The first-order valence-corrected chi connectivity index (χ1v) is 11.7. The molecular weight excluding hydrogens is 450 g/mol. The highest BCUT2D eigenvalue weighted by Crippen LogP contribution is 2.30. The molecule has 0 radical (unpaired) electrons. The summed E-state index contributed by atoms with van der Waals surface area (Å²) in [5, 5.41) is 28.8. The van der Waals surface area contributed by atoms with Gasteiger partial charge in [-0.25, -0.2) is 0 Å². The molecule has 1 fully saturated rings. The maximum Gasteiger partial charge on any atom is 0.121 e. The molecular formula is C27H30ClN3O3. The molecule has 0 amide bonds. The topological polar surface area (TPSA) is 80.0 Å². The van der Waals surface area contributed by atoms with E-state index in [4.69, 9.17) is 26.7 Å². The number of nitrogens with zero attached hydrogens (tertiary/aromatic N) is 3. The molecule has 7 heteroatoms. The number of ether oxygens (including phenoxy) is 1. The number of anilines is 1. The summed E-state index contributed by atoms with van der Waals surface area (Å²) in [6.45, 7) is 4.05. The van der Waals surface area contributed by atoms with E-state index in [1.807, 2.05) is 48.5 Å². The van der Waals surface area contributed by atoms with Gasteiger partial charge in [-0.05, 0) is 29.8 Å². The zero-order valence-electron chi connectivity index (χ0n) is 19.1. The molecule has 1 unspecified atom stereocenters. The molecule has 3 aromatic carbocycles. The molecule has 3 aromatic rings.